The maximum absolute atomic E-state index is 5.06. The molecule has 1 aliphatic heterocycles. The van der Waals surface area contributed by atoms with Crippen molar-refractivity contribution in [3.05, 3.63) is 0 Å². The average Bonchev–Trinajstić information content (AvgIpc) is 2.34. The third kappa shape index (κ3) is 6.17. The van der Waals surface area contributed by atoms with Gasteiger partial charge in [0.25, 0.3) is 0 Å². The Labute approximate surface area is 113 Å². The summed E-state index contributed by atoms with van der Waals surface area (Å²) in [7, 11) is 1.76. The molecule has 3 nitrogen and oxygen atoms in total. The van der Waals surface area contributed by atoms with Gasteiger partial charge in [-0.3, -0.25) is 0 Å². The Morgan fingerprint density at radius 3 is 2.78 bits per heavy atom. The van der Waals surface area contributed by atoms with Gasteiger partial charge in [0.15, 0.2) is 0 Å². The van der Waals surface area contributed by atoms with Gasteiger partial charge < -0.3 is 15.0 Å². The van der Waals surface area contributed by atoms with E-state index in [9.17, 15) is 0 Å². The highest BCUT2D eigenvalue weighted by molar-refractivity contribution is 4.78. The van der Waals surface area contributed by atoms with E-state index in [2.05, 4.69) is 31.0 Å². The van der Waals surface area contributed by atoms with Gasteiger partial charge in [0.05, 0.1) is 6.61 Å². The van der Waals surface area contributed by atoms with Crippen LogP contribution in [0.2, 0.25) is 0 Å². The first-order valence-corrected chi connectivity index (χ1v) is 7.57. The molecular weight excluding hydrogens is 224 g/mol. The number of hydrogen-bond acceptors (Lipinski definition) is 3. The van der Waals surface area contributed by atoms with Crippen LogP contribution in [0.25, 0.3) is 0 Å². The third-order valence-corrected chi connectivity index (χ3v) is 3.90. The van der Waals surface area contributed by atoms with Crippen LogP contribution in [-0.2, 0) is 4.74 Å². The molecule has 0 amide bonds. The number of rotatable bonds is 8. The standard InChI is InChI=1S/C15H32N2O/c1-13(2)10-14(3)17-8-5-6-15(12-17)11-16-7-9-18-4/h13-16H,5-12H2,1-4H3. The summed E-state index contributed by atoms with van der Waals surface area (Å²) in [5.74, 6) is 1.63. The summed E-state index contributed by atoms with van der Waals surface area (Å²) in [4.78, 5) is 2.69. The number of likely N-dealkylation sites (tertiary alicyclic amines) is 1. The van der Waals surface area contributed by atoms with Gasteiger partial charge in [-0.25, -0.2) is 0 Å². The van der Waals surface area contributed by atoms with Gasteiger partial charge in [-0.2, -0.15) is 0 Å². The largest absolute Gasteiger partial charge is 0.383 e. The van der Waals surface area contributed by atoms with E-state index in [1.807, 2.05) is 0 Å². The molecule has 0 aromatic rings. The monoisotopic (exact) mass is 256 g/mol. The second-order valence-corrected chi connectivity index (χ2v) is 6.18. The van der Waals surface area contributed by atoms with Crippen LogP contribution in [0.1, 0.15) is 40.0 Å². The number of methoxy groups -OCH3 is 1. The molecule has 0 bridgehead atoms. The molecule has 0 radical (unpaired) electrons. The molecule has 1 fully saturated rings. The lowest BCUT2D eigenvalue weighted by Crippen LogP contribution is -2.44. The second-order valence-electron chi connectivity index (χ2n) is 6.18. The van der Waals surface area contributed by atoms with Crippen molar-refractivity contribution in [2.45, 2.75) is 46.1 Å². The third-order valence-electron chi connectivity index (χ3n) is 3.90. The van der Waals surface area contributed by atoms with Crippen LogP contribution in [0.5, 0.6) is 0 Å². The molecule has 1 rings (SSSR count). The minimum atomic E-state index is 0.742. The summed E-state index contributed by atoms with van der Waals surface area (Å²) >= 11 is 0. The summed E-state index contributed by atoms with van der Waals surface area (Å²) < 4.78 is 5.06. The van der Waals surface area contributed by atoms with Gasteiger partial charge in [-0.1, -0.05) is 13.8 Å². The molecule has 2 atom stereocenters. The molecule has 0 aromatic carbocycles. The highest BCUT2D eigenvalue weighted by atomic mass is 16.5. The van der Waals surface area contributed by atoms with Gasteiger partial charge in [-0.15, -0.1) is 0 Å². The number of hydrogen-bond donors (Lipinski definition) is 1. The molecule has 0 aliphatic carbocycles. The molecule has 1 N–H and O–H groups in total. The molecule has 2 unspecified atom stereocenters. The highest BCUT2D eigenvalue weighted by Crippen LogP contribution is 2.20. The topological polar surface area (TPSA) is 24.5 Å². The van der Waals surface area contributed by atoms with Crippen LogP contribution < -0.4 is 5.32 Å². The number of nitrogens with zero attached hydrogens (tertiary/aromatic N) is 1. The van der Waals surface area contributed by atoms with E-state index in [-0.39, 0.29) is 0 Å². The fraction of sp³-hybridized carbons (Fsp3) is 1.00. The summed E-state index contributed by atoms with van der Waals surface area (Å²) in [6.45, 7) is 12.6. The molecular formula is C15H32N2O. The van der Waals surface area contributed by atoms with Crippen molar-refractivity contribution < 1.29 is 4.74 Å². The molecule has 0 aromatic heterocycles. The van der Waals surface area contributed by atoms with E-state index in [1.54, 1.807) is 7.11 Å². The first-order chi connectivity index (χ1) is 8.63. The van der Waals surface area contributed by atoms with Gasteiger partial charge >= 0.3 is 0 Å². The fourth-order valence-electron chi connectivity index (χ4n) is 2.98. The average molecular weight is 256 g/mol. The smallest absolute Gasteiger partial charge is 0.0587 e. The minimum absolute atomic E-state index is 0.742. The molecule has 0 saturated carbocycles. The Hall–Kier alpha value is -0.120. The Bertz CT molecular complexity index is 209. The van der Waals surface area contributed by atoms with Gasteiger partial charge in [0.2, 0.25) is 0 Å². The van der Waals surface area contributed by atoms with E-state index >= 15 is 0 Å². The van der Waals surface area contributed by atoms with Crippen molar-refractivity contribution in [1.29, 1.82) is 0 Å². The maximum Gasteiger partial charge on any atom is 0.0587 e. The molecule has 18 heavy (non-hydrogen) atoms. The van der Waals surface area contributed by atoms with Crippen molar-refractivity contribution in [2.75, 3.05) is 39.9 Å². The van der Waals surface area contributed by atoms with Crippen LogP contribution in [-0.4, -0.2) is 50.8 Å². The van der Waals surface area contributed by atoms with Crippen LogP contribution >= 0.6 is 0 Å². The van der Waals surface area contributed by atoms with Crippen LogP contribution in [0.3, 0.4) is 0 Å². The van der Waals surface area contributed by atoms with Crippen molar-refractivity contribution in [2.24, 2.45) is 11.8 Å². The molecule has 108 valence electrons. The minimum Gasteiger partial charge on any atom is -0.383 e. The first kappa shape index (κ1) is 15.9. The van der Waals surface area contributed by atoms with Gasteiger partial charge in [0, 0.05) is 26.2 Å². The van der Waals surface area contributed by atoms with Gasteiger partial charge in [-0.05, 0) is 51.1 Å². The Kier molecular flexibility index (Phi) is 7.87. The Morgan fingerprint density at radius 2 is 2.11 bits per heavy atom. The maximum atomic E-state index is 5.06. The summed E-state index contributed by atoms with van der Waals surface area (Å²) in [5, 5.41) is 3.50. The quantitative estimate of drug-likeness (QED) is 0.675. The zero-order chi connectivity index (χ0) is 13.4. The van der Waals surface area contributed by atoms with E-state index in [0.29, 0.717) is 0 Å². The predicted octanol–water partition coefficient (Wildman–Crippen LogP) is 2.37. The normalized spacial score (nSPS) is 23.5. The number of ether oxygens (including phenoxy) is 1. The summed E-state index contributed by atoms with van der Waals surface area (Å²) in [6, 6.07) is 0.742. The Morgan fingerprint density at radius 1 is 1.33 bits per heavy atom. The van der Waals surface area contributed by atoms with Crippen molar-refractivity contribution >= 4 is 0 Å². The van der Waals surface area contributed by atoms with Crippen LogP contribution in [0, 0.1) is 11.8 Å². The second kappa shape index (κ2) is 8.89. The van der Waals surface area contributed by atoms with Crippen LogP contribution in [0.15, 0.2) is 0 Å². The first-order valence-electron chi connectivity index (χ1n) is 7.57. The van der Waals surface area contributed by atoms with E-state index < -0.39 is 0 Å². The van der Waals surface area contributed by atoms with Crippen molar-refractivity contribution in [1.82, 2.24) is 10.2 Å². The zero-order valence-corrected chi connectivity index (χ0v) is 12.7. The lowest BCUT2D eigenvalue weighted by atomic mass is 9.94. The number of piperidine rings is 1. The summed E-state index contributed by atoms with van der Waals surface area (Å²) in [5.41, 5.74) is 0. The molecule has 3 heteroatoms. The van der Waals surface area contributed by atoms with E-state index in [0.717, 1.165) is 37.6 Å². The lowest BCUT2D eigenvalue weighted by Gasteiger charge is -2.37. The number of nitrogens with one attached hydrogen (secondary N) is 1. The lowest BCUT2D eigenvalue weighted by molar-refractivity contribution is 0.116. The molecule has 0 spiro atoms. The Balaban J connectivity index is 2.23. The van der Waals surface area contributed by atoms with Gasteiger partial charge in [0.1, 0.15) is 0 Å². The molecule has 1 heterocycles. The van der Waals surface area contributed by atoms with E-state index in [1.165, 1.54) is 32.4 Å². The van der Waals surface area contributed by atoms with Crippen molar-refractivity contribution in [3.8, 4) is 0 Å². The highest BCUT2D eigenvalue weighted by Gasteiger charge is 2.23. The SMILES string of the molecule is COCCNCC1CCCN(C(C)CC(C)C)C1. The molecule has 1 aliphatic rings. The summed E-state index contributed by atoms with van der Waals surface area (Å²) in [6.07, 6.45) is 4.06. The zero-order valence-electron chi connectivity index (χ0n) is 12.7. The van der Waals surface area contributed by atoms with Crippen molar-refractivity contribution in [3.63, 3.8) is 0 Å². The fourth-order valence-corrected chi connectivity index (χ4v) is 2.98. The predicted molar refractivity (Wildman–Crippen MR) is 78.0 cm³/mol. The molecule has 1 saturated heterocycles. The van der Waals surface area contributed by atoms with Crippen LogP contribution in [0.4, 0.5) is 0 Å². The van der Waals surface area contributed by atoms with E-state index in [4.69, 9.17) is 4.74 Å².